The van der Waals surface area contributed by atoms with Crippen molar-refractivity contribution in [3.8, 4) is 0 Å². The minimum Gasteiger partial charge on any atom is -0.285 e. The fourth-order valence-corrected chi connectivity index (χ4v) is 1.95. The number of halogens is 2. The minimum atomic E-state index is -0.0922. The van der Waals surface area contributed by atoms with E-state index in [-0.39, 0.29) is 5.78 Å². The summed E-state index contributed by atoms with van der Waals surface area (Å²) in [5.41, 5.74) is 1.01. The Morgan fingerprint density at radius 3 is 2.80 bits per heavy atom. The zero-order valence-electron chi connectivity index (χ0n) is 7.58. The van der Waals surface area contributed by atoms with E-state index in [4.69, 9.17) is 0 Å². The van der Waals surface area contributed by atoms with Gasteiger partial charge in [-0.25, -0.2) is 4.99 Å². The van der Waals surface area contributed by atoms with Gasteiger partial charge >= 0.3 is 0 Å². The molecule has 0 radical (unpaired) electrons. The van der Waals surface area contributed by atoms with Gasteiger partial charge in [-0.05, 0) is 56.7 Å². The molecule has 0 spiro atoms. The highest BCUT2D eigenvalue weighted by atomic mass is 127. The van der Waals surface area contributed by atoms with Crippen molar-refractivity contribution in [1.82, 2.24) is 4.98 Å². The largest absolute Gasteiger partial charge is 0.285 e. The molecule has 0 saturated heterocycles. The van der Waals surface area contributed by atoms with E-state index in [0.717, 1.165) is 8.18 Å². The van der Waals surface area contributed by atoms with Crippen LogP contribution in [0, 0.1) is 0 Å². The van der Waals surface area contributed by atoms with Gasteiger partial charge in [0.05, 0.1) is 9.42 Å². The molecule has 1 aliphatic heterocycles. The number of allylic oxidation sites excluding steroid dienone is 1. The first-order valence-electron chi connectivity index (χ1n) is 4.26. The van der Waals surface area contributed by atoms with Crippen molar-refractivity contribution < 1.29 is 4.79 Å². The summed E-state index contributed by atoms with van der Waals surface area (Å²) >= 11 is 5.37. The molecule has 0 amide bonds. The molecule has 5 heteroatoms. The molecule has 3 nitrogen and oxygen atoms in total. The number of carbonyl (C=O) groups is 1. The lowest BCUT2D eigenvalue weighted by atomic mass is 10.1. The number of hydrogen-bond donors (Lipinski definition) is 0. The van der Waals surface area contributed by atoms with Gasteiger partial charge in [-0.15, -0.1) is 0 Å². The summed E-state index contributed by atoms with van der Waals surface area (Å²) in [5, 5.41) is 0. The maximum atomic E-state index is 11.9. The van der Waals surface area contributed by atoms with Crippen molar-refractivity contribution in [3.05, 3.63) is 38.3 Å². The standard InChI is InChI=1S/C10H6BrIN2O/c11-6-1-2-7(13-5-6)10(15)8-3-4-9(12)14-8/h1-2,4-5H,3H2. The molecular formula is C10H6BrIN2O. The molecule has 76 valence electrons. The van der Waals surface area contributed by atoms with Crippen LogP contribution in [0.4, 0.5) is 0 Å². The van der Waals surface area contributed by atoms with Crippen molar-refractivity contribution in [2.24, 2.45) is 4.99 Å². The summed E-state index contributed by atoms with van der Waals surface area (Å²) in [6.07, 6.45) is 4.14. The predicted molar refractivity (Wildman–Crippen MR) is 70.4 cm³/mol. The number of pyridine rings is 1. The van der Waals surface area contributed by atoms with Crippen molar-refractivity contribution in [3.63, 3.8) is 0 Å². The van der Waals surface area contributed by atoms with Crippen LogP contribution >= 0.6 is 38.5 Å². The number of aromatic nitrogens is 1. The second kappa shape index (κ2) is 4.52. The van der Waals surface area contributed by atoms with Gasteiger partial charge in [-0.1, -0.05) is 0 Å². The third kappa shape index (κ3) is 2.52. The van der Waals surface area contributed by atoms with Crippen LogP contribution < -0.4 is 0 Å². The van der Waals surface area contributed by atoms with Crippen LogP contribution in [0.5, 0.6) is 0 Å². The summed E-state index contributed by atoms with van der Waals surface area (Å²) in [5.74, 6) is -0.0922. The van der Waals surface area contributed by atoms with Crippen LogP contribution in [0.1, 0.15) is 16.9 Å². The van der Waals surface area contributed by atoms with Crippen LogP contribution in [-0.2, 0) is 0 Å². The lowest BCUT2D eigenvalue weighted by Gasteiger charge is -1.98. The molecule has 0 N–H and O–H groups in total. The van der Waals surface area contributed by atoms with E-state index in [1.54, 1.807) is 18.3 Å². The summed E-state index contributed by atoms with van der Waals surface area (Å²) in [6.45, 7) is 0. The molecule has 0 aromatic carbocycles. The Morgan fingerprint density at radius 1 is 1.47 bits per heavy atom. The Labute approximate surface area is 109 Å². The van der Waals surface area contributed by atoms with Crippen LogP contribution in [0.3, 0.4) is 0 Å². The third-order valence-electron chi connectivity index (χ3n) is 1.93. The van der Waals surface area contributed by atoms with E-state index < -0.39 is 0 Å². The van der Waals surface area contributed by atoms with Gasteiger partial charge in [0.25, 0.3) is 0 Å². The van der Waals surface area contributed by atoms with E-state index in [2.05, 4.69) is 48.5 Å². The average molecular weight is 377 g/mol. The van der Waals surface area contributed by atoms with E-state index in [9.17, 15) is 4.79 Å². The number of carbonyl (C=O) groups excluding carboxylic acids is 1. The maximum absolute atomic E-state index is 11.9. The van der Waals surface area contributed by atoms with Gasteiger partial charge in [0.1, 0.15) is 5.69 Å². The van der Waals surface area contributed by atoms with E-state index in [1.807, 2.05) is 6.08 Å². The highest BCUT2D eigenvalue weighted by Crippen LogP contribution is 2.18. The van der Waals surface area contributed by atoms with Gasteiger partial charge in [0.2, 0.25) is 5.78 Å². The lowest BCUT2D eigenvalue weighted by molar-refractivity contribution is 0.106. The molecule has 2 heterocycles. The van der Waals surface area contributed by atoms with E-state index in [0.29, 0.717) is 17.8 Å². The fraction of sp³-hybridized carbons (Fsp3) is 0.100. The van der Waals surface area contributed by atoms with Gasteiger partial charge in [0.15, 0.2) is 0 Å². The molecule has 1 aromatic heterocycles. The Bertz CT molecular complexity index is 465. The molecule has 2 rings (SSSR count). The van der Waals surface area contributed by atoms with Crippen molar-refractivity contribution >= 4 is 50.0 Å². The predicted octanol–water partition coefficient (Wildman–Crippen LogP) is 3.15. The normalized spacial score (nSPS) is 14.8. The zero-order valence-corrected chi connectivity index (χ0v) is 11.3. The maximum Gasteiger partial charge on any atom is 0.225 e. The molecule has 1 aliphatic rings. The second-order valence-electron chi connectivity index (χ2n) is 2.98. The summed E-state index contributed by atoms with van der Waals surface area (Å²) in [4.78, 5) is 20.1. The van der Waals surface area contributed by atoms with Crippen LogP contribution in [0.2, 0.25) is 0 Å². The number of nitrogens with zero attached hydrogens (tertiary/aromatic N) is 2. The minimum absolute atomic E-state index is 0.0922. The quantitative estimate of drug-likeness (QED) is 0.452. The van der Waals surface area contributed by atoms with Crippen LogP contribution in [-0.4, -0.2) is 16.5 Å². The first-order valence-corrected chi connectivity index (χ1v) is 6.13. The number of ketones is 1. The Morgan fingerprint density at radius 2 is 2.27 bits per heavy atom. The molecular weight excluding hydrogens is 371 g/mol. The molecule has 0 unspecified atom stereocenters. The molecule has 0 saturated carbocycles. The Kier molecular flexibility index (Phi) is 3.30. The van der Waals surface area contributed by atoms with Gasteiger partial charge in [0, 0.05) is 17.1 Å². The summed E-state index contributed by atoms with van der Waals surface area (Å²) in [6, 6.07) is 3.49. The SMILES string of the molecule is O=C(C1=NC(I)=CC1)c1ccc(Br)cn1. The number of Topliss-reactive ketones (excluding diaryl/α,β-unsaturated/α-hetero) is 1. The van der Waals surface area contributed by atoms with E-state index >= 15 is 0 Å². The smallest absolute Gasteiger partial charge is 0.225 e. The summed E-state index contributed by atoms with van der Waals surface area (Å²) in [7, 11) is 0. The molecule has 0 atom stereocenters. The monoisotopic (exact) mass is 376 g/mol. The molecule has 15 heavy (non-hydrogen) atoms. The molecule has 0 fully saturated rings. The summed E-state index contributed by atoms with van der Waals surface area (Å²) < 4.78 is 1.73. The highest BCUT2D eigenvalue weighted by Gasteiger charge is 2.17. The van der Waals surface area contributed by atoms with Gasteiger partial charge in [-0.2, -0.15) is 0 Å². The molecule has 0 bridgehead atoms. The zero-order chi connectivity index (χ0) is 10.8. The second-order valence-corrected chi connectivity index (χ2v) is 5.00. The number of aliphatic imine (C=N–C) groups is 1. The van der Waals surface area contributed by atoms with Crippen molar-refractivity contribution in [1.29, 1.82) is 0 Å². The molecule has 1 aromatic rings. The van der Waals surface area contributed by atoms with E-state index in [1.165, 1.54) is 0 Å². The Balaban J connectivity index is 2.23. The topological polar surface area (TPSA) is 42.3 Å². The number of rotatable bonds is 2. The first-order chi connectivity index (χ1) is 7.16. The highest BCUT2D eigenvalue weighted by molar-refractivity contribution is 14.1. The van der Waals surface area contributed by atoms with Crippen molar-refractivity contribution in [2.75, 3.05) is 0 Å². The van der Waals surface area contributed by atoms with Gasteiger partial charge in [-0.3, -0.25) is 9.78 Å². The molecule has 0 aliphatic carbocycles. The lowest BCUT2D eigenvalue weighted by Crippen LogP contribution is -2.13. The fourth-order valence-electron chi connectivity index (χ4n) is 1.20. The third-order valence-corrected chi connectivity index (χ3v) is 3.08. The first kappa shape index (κ1) is 10.9. The average Bonchev–Trinajstić information content (AvgIpc) is 2.65. The van der Waals surface area contributed by atoms with Gasteiger partial charge < -0.3 is 0 Å². The van der Waals surface area contributed by atoms with Crippen LogP contribution in [0.15, 0.2) is 37.6 Å². The number of hydrogen-bond acceptors (Lipinski definition) is 3. The van der Waals surface area contributed by atoms with Crippen molar-refractivity contribution in [2.45, 2.75) is 6.42 Å². The Hall–Kier alpha value is -0.560. The van der Waals surface area contributed by atoms with Crippen LogP contribution in [0.25, 0.3) is 0 Å².